The molecule has 1 aromatic rings. The van der Waals surface area contributed by atoms with E-state index in [-0.39, 0.29) is 11.7 Å². The van der Waals surface area contributed by atoms with Crippen molar-refractivity contribution < 1.29 is 9.60 Å². The largest absolute Gasteiger partial charge is 0.409 e. The highest BCUT2D eigenvalue weighted by Crippen LogP contribution is 2.18. The van der Waals surface area contributed by atoms with E-state index in [0.29, 0.717) is 18.1 Å². The predicted octanol–water partition coefficient (Wildman–Crippen LogP) is 1.66. The van der Waals surface area contributed by atoms with Crippen LogP contribution in [-0.4, -0.2) is 29.5 Å². The Bertz CT molecular complexity index is 398. The molecule has 88 valence electrons. The lowest BCUT2D eigenvalue weighted by Crippen LogP contribution is -2.30. The second-order valence-corrected chi connectivity index (χ2v) is 3.91. The van der Waals surface area contributed by atoms with E-state index in [1.165, 1.54) is 12.1 Å². The number of rotatable bonds is 4. The molecule has 0 atom stereocenters. The van der Waals surface area contributed by atoms with Crippen LogP contribution in [0, 0.1) is 5.82 Å². The van der Waals surface area contributed by atoms with Crippen molar-refractivity contribution in [1.29, 1.82) is 0 Å². The van der Waals surface area contributed by atoms with Crippen LogP contribution in [0.2, 0.25) is 5.02 Å². The molecule has 0 radical (unpaired) electrons. The van der Waals surface area contributed by atoms with Gasteiger partial charge >= 0.3 is 0 Å². The van der Waals surface area contributed by atoms with E-state index in [1.807, 2.05) is 0 Å². The third kappa shape index (κ3) is 3.67. The maximum absolute atomic E-state index is 12.8. The SMILES string of the molecule is CN(CC(N)=NO)Cc1ccc(F)cc1Cl. The number of amidine groups is 1. The standard InChI is InChI=1S/C10H13ClFN3O/c1-15(6-10(13)14-16)5-7-2-3-8(12)4-9(7)11/h2-4,16H,5-6H2,1H3,(H2,13,14). The molecule has 3 N–H and O–H groups in total. The summed E-state index contributed by atoms with van der Waals surface area (Å²) >= 11 is 5.87. The first-order valence-corrected chi connectivity index (χ1v) is 4.99. The van der Waals surface area contributed by atoms with Crippen LogP contribution in [-0.2, 0) is 6.54 Å². The Balaban J connectivity index is 2.66. The quantitative estimate of drug-likeness (QED) is 0.367. The first-order chi connectivity index (χ1) is 7.52. The third-order valence-electron chi connectivity index (χ3n) is 2.02. The monoisotopic (exact) mass is 245 g/mol. The van der Waals surface area contributed by atoms with Crippen molar-refractivity contribution in [2.75, 3.05) is 13.6 Å². The van der Waals surface area contributed by atoms with Gasteiger partial charge in [-0.2, -0.15) is 0 Å². The number of hydrogen-bond acceptors (Lipinski definition) is 3. The molecule has 0 heterocycles. The van der Waals surface area contributed by atoms with E-state index in [1.54, 1.807) is 18.0 Å². The van der Waals surface area contributed by atoms with Crippen LogP contribution in [0.3, 0.4) is 0 Å². The summed E-state index contributed by atoms with van der Waals surface area (Å²) in [6.45, 7) is 0.805. The zero-order valence-corrected chi connectivity index (χ0v) is 9.58. The molecule has 6 heteroatoms. The number of halogens is 2. The van der Waals surface area contributed by atoms with E-state index < -0.39 is 0 Å². The summed E-state index contributed by atoms with van der Waals surface area (Å²) in [7, 11) is 1.79. The van der Waals surface area contributed by atoms with Crippen LogP contribution in [0.25, 0.3) is 0 Å². The lowest BCUT2D eigenvalue weighted by atomic mass is 10.2. The Morgan fingerprint density at radius 1 is 1.62 bits per heavy atom. The molecule has 1 aromatic carbocycles. The van der Waals surface area contributed by atoms with Gasteiger partial charge in [0.05, 0.1) is 6.54 Å². The Hall–Kier alpha value is -1.33. The molecule has 0 bridgehead atoms. The van der Waals surface area contributed by atoms with E-state index in [4.69, 9.17) is 22.5 Å². The molecule has 0 aliphatic heterocycles. The third-order valence-corrected chi connectivity index (χ3v) is 2.37. The van der Waals surface area contributed by atoms with Gasteiger partial charge in [-0.05, 0) is 24.7 Å². The van der Waals surface area contributed by atoms with E-state index in [0.717, 1.165) is 5.56 Å². The summed E-state index contributed by atoms with van der Waals surface area (Å²) in [6, 6.07) is 4.22. The van der Waals surface area contributed by atoms with E-state index >= 15 is 0 Å². The zero-order chi connectivity index (χ0) is 12.1. The number of nitrogens with two attached hydrogens (primary N) is 1. The Morgan fingerprint density at radius 2 is 2.31 bits per heavy atom. The Morgan fingerprint density at radius 3 is 2.88 bits per heavy atom. The number of likely N-dealkylation sites (N-methyl/N-ethyl adjacent to an activating group) is 1. The smallest absolute Gasteiger partial charge is 0.153 e. The van der Waals surface area contributed by atoms with Crippen LogP contribution in [0.4, 0.5) is 4.39 Å². The highest BCUT2D eigenvalue weighted by atomic mass is 35.5. The van der Waals surface area contributed by atoms with Gasteiger partial charge in [-0.1, -0.05) is 22.8 Å². The molecule has 0 amide bonds. The second-order valence-electron chi connectivity index (χ2n) is 3.50. The summed E-state index contributed by atoms with van der Waals surface area (Å²) in [5, 5.41) is 11.6. The minimum Gasteiger partial charge on any atom is -0.409 e. The number of hydrogen-bond donors (Lipinski definition) is 2. The predicted molar refractivity (Wildman–Crippen MR) is 61.2 cm³/mol. The average molecular weight is 246 g/mol. The Labute approximate surface area is 98.1 Å². The van der Waals surface area contributed by atoms with Gasteiger partial charge in [-0.3, -0.25) is 4.90 Å². The van der Waals surface area contributed by atoms with Gasteiger partial charge in [0.15, 0.2) is 5.84 Å². The maximum Gasteiger partial charge on any atom is 0.153 e. The normalized spacial score (nSPS) is 12.1. The van der Waals surface area contributed by atoms with Crippen molar-refractivity contribution in [2.24, 2.45) is 10.9 Å². The second kappa shape index (κ2) is 5.67. The summed E-state index contributed by atoms with van der Waals surface area (Å²) in [6.07, 6.45) is 0. The number of oxime groups is 1. The van der Waals surface area contributed by atoms with E-state index in [9.17, 15) is 4.39 Å². The fourth-order valence-corrected chi connectivity index (χ4v) is 1.53. The van der Waals surface area contributed by atoms with Crippen molar-refractivity contribution in [1.82, 2.24) is 4.90 Å². The van der Waals surface area contributed by atoms with Gasteiger partial charge in [0.1, 0.15) is 5.82 Å². The minimum absolute atomic E-state index is 0.112. The van der Waals surface area contributed by atoms with E-state index in [2.05, 4.69) is 5.16 Å². The fourth-order valence-electron chi connectivity index (χ4n) is 1.30. The highest BCUT2D eigenvalue weighted by molar-refractivity contribution is 6.31. The van der Waals surface area contributed by atoms with Gasteiger partial charge in [0.2, 0.25) is 0 Å². The average Bonchev–Trinajstić information content (AvgIpc) is 2.22. The number of nitrogens with zero attached hydrogens (tertiary/aromatic N) is 2. The first-order valence-electron chi connectivity index (χ1n) is 4.62. The molecule has 0 fully saturated rings. The highest BCUT2D eigenvalue weighted by Gasteiger charge is 2.07. The number of benzene rings is 1. The van der Waals surface area contributed by atoms with Crippen molar-refractivity contribution in [3.05, 3.63) is 34.6 Å². The van der Waals surface area contributed by atoms with Gasteiger partial charge in [0.25, 0.3) is 0 Å². The molecule has 0 aliphatic carbocycles. The molecule has 0 saturated heterocycles. The maximum atomic E-state index is 12.8. The molecule has 0 aromatic heterocycles. The van der Waals surface area contributed by atoms with Crippen molar-refractivity contribution in [3.8, 4) is 0 Å². The molecular formula is C10H13ClFN3O. The molecule has 16 heavy (non-hydrogen) atoms. The first kappa shape index (κ1) is 12.7. The van der Waals surface area contributed by atoms with Crippen LogP contribution >= 0.6 is 11.6 Å². The van der Waals surface area contributed by atoms with Crippen LogP contribution in [0.1, 0.15) is 5.56 Å². The molecule has 0 unspecified atom stereocenters. The molecule has 0 saturated carbocycles. The van der Waals surface area contributed by atoms with Crippen molar-refractivity contribution in [3.63, 3.8) is 0 Å². The van der Waals surface area contributed by atoms with Crippen LogP contribution in [0.5, 0.6) is 0 Å². The minimum atomic E-state index is -0.368. The van der Waals surface area contributed by atoms with Crippen LogP contribution < -0.4 is 5.73 Å². The molecular weight excluding hydrogens is 233 g/mol. The van der Waals surface area contributed by atoms with Gasteiger partial charge in [0, 0.05) is 11.6 Å². The molecule has 1 rings (SSSR count). The summed E-state index contributed by atoms with van der Waals surface area (Å²) in [5.41, 5.74) is 6.14. The van der Waals surface area contributed by atoms with Crippen LogP contribution in [0.15, 0.2) is 23.4 Å². The molecule has 4 nitrogen and oxygen atoms in total. The topological polar surface area (TPSA) is 61.8 Å². The molecule has 0 spiro atoms. The summed E-state index contributed by atoms with van der Waals surface area (Å²) < 4.78 is 12.8. The van der Waals surface area contributed by atoms with Gasteiger partial charge < -0.3 is 10.9 Å². The fraction of sp³-hybridized carbons (Fsp3) is 0.300. The summed E-state index contributed by atoms with van der Waals surface area (Å²) in [5.74, 6) is -0.256. The summed E-state index contributed by atoms with van der Waals surface area (Å²) in [4.78, 5) is 1.80. The van der Waals surface area contributed by atoms with Crippen molar-refractivity contribution >= 4 is 17.4 Å². The van der Waals surface area contributed by atoms with Gasteiger partial charge in [-0.15, -0.1) is 0 Å². The lowest BCUT2D eigenvalue weighted by molar-refractivity contribution is 0.308. The van der Waals surface area contributed by atoms with Gasteiger partial charge in [-0.25, -0.2) is 4.39 Å². The van der Waals surface area contributed by atoms with Crippen molar-refractivity contribution in [2.45, 2.75) is 6.54 Å². The Kier molecular flexibility index (Phi) is 4.52. The lowest BCUT2D eigenvalue weighted by Gasteiger charge is -2.16. The zero-order valence-electron chi connectivity index (χ0n) is 8.82. The molecule has 0 aliphatic rings.